The lowest BCUT2D eigenvalue weighted by atomic mass is 9.94. The van der Waals surface area contributed by atoms with Gasteiger partial charge in [0.05, 0.1) is 0 Å². The fourth-order valence-corrected chi connectivity index (χ4v) is 3.55. The minimum Gasteiger partial charge on any atom is -0.352 e. The number of carbonyl (C=O) groups excluding carboxylic acids is 2. The molecule has 0 heterocycles. The second kappa shape index (κ2) is 6.63. The topological polar surface area (TPSA) is 58.2 Å². The van der Waals surface area contributed by atoms with E-state index in [-0.39, 0.29) is 17.9 Å². The van der Waals surface area contributed by atoms with Crippen LogP contribution in [0.5, 0.6) is 0 Å². The first-order valence-corrected chi connectivity index (χ1v) is 9.19. The van der Waals surface area contributed by atoms with Crippen LogP contribution in [0, 0.1) is 12.3 Å². The van der Waals surface area contributed by atoms with Gasteiger partial charge >= 0.3 is 0 Å². The SMILES string of the molecule is Cc1ccc(NC(=O)C2(C(=O)NC3CCCCC3)CC2)cc1Br. The van der Waals surface area contributed by atoms with Gasteiger partial charge < -0.3 is 10.6 Å². The number of nitrogens with one attached hydrogen (secondary N) is 2. The fraction of sp³-hybridized carbons (Fsp3) is 0.556. The molecule has 3 rings (SSSR count). The van der Waals surface area contributed by atoms with Gasteiger partial charge in [-0.1, -0.05) is 41.3 Å². The lowest BCUT2D eigenvalue weighted by molar-refractivity contribution is -0.135. The first-order chi connectivity index (χ1) is 11.0. The van der Waals surface area contributed by atoms with Crippen molar-refractivity contribution < 1.29 is 9.59 Å². The van der Waals surface area contributed by atoms with Crippen LogP contribution < -0.4 is 10.6 Å². The van der Waals surface area contributed by atoms with Gasteiger partial charge in [-0.05, 0) is 50.3 Å². The van der Waals surface area contributed by atoms with Gasteiger partial charge in [0.1, 0.15) is 5.41 Å². The number of hydrogen-bond donors (Lipinski definition) is 2. The van der Waals surface area contributed by atoms with Crippen LogP contribution >= 0.6 is 15.9 Å². The largest absolute Gasteiger partial charge is 0.352 e. The van der Waals surface area contributed by atoms with Crippen LogP contribution in [0.15, 0.2) is 22.7 Å². The van der Waals surface area contributed by atoms with E-state index < -0.39 is 5.41 Å². The zero-order valence-corrected chi connectivity index (χ0v) is 15.0. The molecule has 2 fully saturated rings. The summed E-state index contributed by atoms with van der Waals surface area (Å²) in [5.74, 6) is -0.269. The molecular formula is C18H23BrN2O2. The van der Waals surface area contributed by atoms with Crippen LogP contribution in [0.4, 0.5) is 5.69 Å². The highest BCUT2D eigenvalue weighted by molar-refractivity contribution is 9.10. The summed E-state index contributed by atoms with van der Waals surface area (Å²) < 4.78 is 0.951. The molecule has 124 valence electrons. The molecule has 2 aliphatic rings. The average molecular weight is 379 g/mol. The number of carbonyl (C=O) groups is 2. The summed E-state index contributed by atoms with van der Waals surface area (Å²) in [5.41, 5.74) is 0.984. The Hall–Kier alpha value is -1.36. The van der Waals surface area contributed by atoms with E-state index in [4.69, 9.17) is 0 Å². The lowest BCUT2D eigenvalue weighted by Gasteiger charge is -2.25. The zero-order valence-electron chi connectivity index (χ0n) is 13.5. The van der Waals surface area contributed by atoms with E-state index in [9.17, 15) is 9.59 Å². The van der Waals surface area contributed by atoms with E-state index in [1.165, 1.54) is 19.3 Å². The highest BCUT2D eigenvalue weighted by atomic mass is 79.9. The molecule has 0 saturated heterocycles. The predicted molar refractivity (Wildman–Crippen MR) is 94.2 cm³/mol. The Labute approximate surface area is 145 Å². The van der Waals surface area contributed by atoms with Crippen LogP contribution in [-0.2, 0) is 9.59 Å². The number of benzene rings is 1. The van der Waals surface area contributed by atoms with Crippen LogP contribution in [0.1, 0.15) is 50.5 Å². The normalized spacial score (nSPS) is 19.9. The molecular weight excluding hydrogens is 356 g/mol. The first-order valence-electron chi connectivity index (χ1n) is 8.40. The molecule has 1 aromatic carbocycles. The molecule has 2 saturated carbocycles. The minimum absolute atomic E-state index is 0.0897. The molecule has 0 bridgehead atoms. The lowest BCUT2D eigenvalue weighted by Crippen LogP contribution is -2.45. The Bertz CT molecular complexity index is 619. The summed E-state index contributed by atoms with van der Waals surface area (Å²) in [6.45, 7) is 2.00. The van der Waals surface area contributed by atoms with E-state index in [1.807, 2.05) is 25.1 Å². The number of hydrogen-bond acceptors (Lipinski definition) is 2. The third-order valence-corrected chi connectivity index (χ3v) is 5.84. The van der Waals surface area contributed by atoms with Gasteiger partial charge in [0.15, 0.2) is 0 Å². The molecule has 2 N–H and O–H groups in total. The van der Waals surface area contributed by atoms with E-state index in [0.29, 0.717) is 12.8 Å². The number of rotatable bonds is 4. The van der Waals surface area contributed by atoms with Crippen LogP contribution in [0.2, 0.25) is 0 Å². The monoisotopic (exact) mass is 378 g/mol. The molecule has 4 nitrogen and oxygen atoms in total. The highest BCUT2D eigenvalue weighted by Crippen LogP contribution is 2.47. The summed E-state index contributed by atoms with van der Waals surface area (Å²) in [7, 11) is 0. The van der Waals surface area contributed by atoms with Gasteiger partial charge in [0.25, 0.3) is 0 Å². The van der Waals surface area contributed by atoms with Crippen molar-refractivity contribution in [2.24, 2.45) is 5.41 Å². The maximum Gasteiger partial charge on any atom is 0.240 e. The number of aryl methyl sites for hydroxylation is 1. The summed E-state index contributed by atoms with van der Waals surface area (Å²) in [6.07, 6.45) is 6.95. The molecule has 5 heteroatoms. The van der Waals surface area contributed by atoms with E-state index in [2.05, 4.69) is 26.6 Å². The van der Waals surface area contributed by atoms with Crippen LogP contribution in [0.3, 0.4) is 0 Å². The maximum atomic E-state index is 12.6. The molecule has 0 unspecified atom stereocenters. The molecule has 0 aliphatic heterocycles. The molecule has 2 amide bonds. The van der Waals surface area contributed by atoms with Gasteiger partial charge in [0.2, 0.25) is 11.8 Å². The number of amides is 2. The second-order valence-electron chi connectivity index (χ2n) is 6.81. The third-order valence-electron chi connectivity index (χ3n) is 4.99. The van der Waals surface area contributed by atoms with Crippen molar-refractivity contribution in [3.05, 3.63) is 28.2 Å². The third kappa shape index (κ3) is 3.60. The first kappa shape index (κ1) is 16.5. The van der Waals surface area contributed by atoms with E-state index in [0.717, 1.165) is 28.6 Å². The predicted octanol–water partition coefficient (Wildman–Crippen LogP) is 3.93. The van der Waals surface area contributed by atoms with Gasteiger partial charge in [-0.3, -0.25) is 9.59 Å². The quantitative estimate of drug-likeness (QED) is 0.779. The molecule has 0 radical (unpaired) electrons. The Morgan fingerprint density at radius 1 is 1.13 bits per heavy atom. The van der Waals surface area contributed by atoms with Crippen molar-refractivity contribution in [3.63, 3.8) is 0 Å². The molecule has 23 heavy (non-hydrogen) atoms. The molecule has 1 aromatic rings. The minimum atomic E-state index is -0.852. The maximum absolute atomic E-state index is 12.6. The van der Waals surface area contributed by atoms with Crippen molar-refractivity contribution in [2.75, 3.05) is 5.32 Å². The summed E-state index contributed by atoms with van der Waals surface area (Å²) >= 11 is 3.47. The van der Waals surface area contributed by atoms with Crippen molar-refractivity contribution in [3.8, 4) is 0 Å². The Morgan fingerprint density at radius 2 is 1.83 bits per heavy atom. The van der Waals surface area contributed by atoms with Crippen LogP contribution in [-0.4, -0.2) is 17.9 Å². The highest BCUT2D eigenvalue weighted by Gasteiger charge is 2.56. The summed E-state index contributed by atoms with van der Waals surface area (Å²) in [6, 6.07) is 5.94. The van der Waals surface area contributed by atoms with Crippen molar-refractivity contribution in [1.29, 1.82) is 0 Å². The van der Waals surface area contributed by atoms with E-state index >= 15 is 0 Å². The summed E-state index contributed by atoms with van der Waals surface area (Å²) in [5, 5.41) is 6.00. The van der Waals surface area contributed by atoms with Gasteiger partial charge in [-0.2, -0.15) is 0 Å². The Morgan fingerprint density at radius 3 is 2.43 bits per heavy atom. The Kier molecular flexibility index (Phi) is 4.76. The average Bonchev–Trinajstić information content (AvgIpc) is 3.34. The second-order valence-corrected chi connectivity index (χ2v) is 7.66. The van der Waals surface area contributed by atoms with Gasteiger partial charge in [0, 0.05) is 16.2 Å². The van der Waals surface area contributed by atoms with Crippen LogP contribution in [0.25, 0.3) is 0 Å². The van der Waals surface area contributed by atoms with E-state index in [1.54, 1.807) is 0 Å². The molecule has 0 atom stereocenters. The van der Waals surface area contributed by atoms with Crippen molar-refractivity contribution in [2.45, 2.75) is 57.9 Å². The summed E-state index contributed by atoms with van der Waals surface area (Å²) in [4.78, 5) is 25.2. The molecule has 0 spiro atoms. The molecule has 2 aliphatic carbocycles. The van der Waals surface area contributed by atoms with Gasteiger partial charge in [-0.25, -0.2) is 0 Å². The van der Waals surface area contributed by atoms with Gasteiger partial charge in [-0.15, -0.1) is 0 Å². The fourth-order valence-electron chi connectivity index (χ4n) is 3.17. The van der Waals surface area contributed by atoms with Crippen molar-refractivity contribution >= 4 is 33.4 Å². The number of anilines is 1. The Balaban J connectivity index is 1.63. The molecule has 0 aromatic heterocycles. The zero-order chi connectivity index (χ0) is 16.4. The number of halogens is 1. The van der Waals surface area contributed by atoms with Crippen molar-refractivity contribution in [1.82, 2.24) is 5.32 Å². The smallest absolute Gasteiger partial charge is 0.240 e. The standard InChI is InChI=1S/C18H23BrN2O2/c1-12-7-8-14(11-15(12)19)21-17(23)18(9-10-18)16(22)20-13-5-3-2-4-6-13/h7-8,11,13H,2-6,9-10H2,1H3,(H,20,22)(H,21,23).